The number of rotatable bonds is 1. The first-order chi connectivity index (χ1) is 7.31. The molecule has 0 aliphatic heterocycles. The first kappa shape index (κ1) is 9.22. The van der Waals surface area contributed by atoms with Gasteiger partial charge in [0.25, 0.3) is 0 Å². The molecular formula is C12H10N3+. The molecule has 0 unspecified atom stereocenters. The number of nitrogen functional groups attached to an aromatic ring is 1. The molecule has 0 radical (unpaired) electrons. The van der Waals surface area contributed by atoms with Gasteiger partial charge in [-0.3, -0.25) is 0 Å². The molecule has 0 aromatic heterocycles. The van der Waals surface area contributed by atoms with Crippen molar-refractivity contribution >= 4 is 11.4 Å². The summed E-state index contributed by atoms with van der Waals surface area (Å²) in [5, 5.41) is 8.62. The lowest BCUT2D eigenvalue weighted by Crippen LogP contribution is -1.85. The second-order valence-electron chi connectivity index (χ2n) is 3.24. The van der Waals surface area contributed by atoms with E-state index in [1.807, 2.05) is 36.4 Å². The van der Waals surface area contributed by atoms with Crippen LogP contribution in [0.4, 0.5) is 11.4 Å². The predicted octanol–water partition coefficient (Wildman–Crippen LogP) is 3.42. The average molecular weight is 196 g/mol. The van der Waals surface area contributed by atoms with Gasteiger partial charge >= 0.3 is 5.69 Å². The van der Waals surface area contributed by atoms with E-state index in [1.54, 1.807) is 12.1 Å². The minimum absolute atomic E-state index is 0.398. The van der Waals surface area contributed by atoms with E-state index >= 15 is 0 Å². The largest absolute Gasteiger partial charge is 0.407 e. The van der Waals surface area contributed by atoms with Crippen LogP contribution in [0.3, 0.4) is 0 Å². The Morgan fingerprint density at radius 1 is 0.933 bits per heavy atom. The van der Waals surface area contributed by atoms with E-state index in [1.165, 1.54) is 0 Å². The van der Waals surface area contributed by atoms with Crippen LogP contribution >= 0.6 is 0 Å². The Morgan fingerprint density at radius 3 is 2.27 bits per heavy atom. The van der Waals surface area contributed by atoms with Crippen LogP contribution in [0.15, 0.2) is 48.5 Å². The molecule has 15 heavy (non-hydrogen) atoms. The summed E-state index contributed by atoms with van der Waals surface area (Å²) < 4.78 is 0. The van der Waals surface area contributed by atoms with E-state index in [9.17, 15) is 0 Å². The van der Waals surface area contributed by atoms with Crippen molar-refractivity contribution in [3.05, 3.63) is 53.5 Å². The van der Waals surface area contributed by atoms with Gasteiger partial charge in [-0.2, -0.15) is 0 Å². The van der Waals surface area contributed by atoms with Gasteiger partial charge < -0.3 is 5.73 Å². The molecule has 2 aromatic rings. The van der Waals surface area contributed by atoms with E-state index in [0.29, 0.717) is 11.4 Å². The van der Waals surface area contributed by atoms with Gasteiger partial charge in [-0.1, -0.05) is 30.3 Å². The molecule has 0 amide bonds. The Bertz CT molecular complexity index is 512. The fourth-order valence-electron chi connectivity index (χ4n) is 1.46. The van der Waals surface area contributed by atoms with Crippen LogP contribution in [0, 0.1) is 5.39 Å². The molecule has 0 spiro atoms. The number of nitrogens with two attached hydrogens (primary N) is 1. The second-order valence-corrected chi connectivity index (χ2v) is 3.24. The average Bonchev–Trinajstić information content (AvgIpc) is 2.30. The van der Waals surface area contributed by atoms with Crippen molar-refractivity contribution < 1.29 is 0 Å². The number of diazo groups is 1. The fourth-order valence-corrected chi connectivity index (χ4v) is 1.46. The quantitative estimate of drug-likeness (QED) is 0.561. The minimum Gasteiger partial charge on any atom is -0.392 e. The van der Waals surface area contributed by atoms with Crippen molar-refractivity contribution in [2.75, 3.05) is 5.73 Å². The third-order valence-corrected chi connectivity index (χ3v) is 2.24. The zero-order valence-electron chi connectivity index (χ0n) is 8.09. The standard InChI is InChI=1S/C12H10N3/c13-11-8-10(6-7-12(11)15-14)9-4-2-1-3-5-9/h1-8H,13H2/q+1. The smallest absolute Gasteiger partial charge is 0.392 e. The van der Waals surface area contributed by atoms with E-state index in [4.69, 9.17) is 11.1 Å². The monoisotopic (exact) mass is 196 g/mol. The summed E-state index contributed by atoms with van der Waals surface area (Å²) in [4.78, 5) is 3.08. The van der Waals surface area contributed by atoms with E-state index in [-0.39, 0.29) is 0 Å². The Morgan fingerprint density at radius 2 is 1.67 bits per heavy atom. The Labute approximate surface area is 87.8 Å². The molecule has 0 bridgehead atoms. The summed E-state index contributed by atoms with van der Waals surface area (Å²) in [6.07, 6.45) is 0. The number of hydrogen-bond acceptors (Lipinski definition) is 2. The van der Waals surface area contributed by atoms with Crippen LogP contribution < -0.4 is 5.73 Å². The van der Waals surface area contributed by atoms with Crippen molar-refractivity contribution in [2.24, 2.45) is 0 Å². The molecular weight excluding hydrogens is 186 g/mol. The number of anilines is 1. The van der Waals surface area contributed by atoms with Crippen LogP contribution in [-0.4, -0.2) is 0 Å². The van der Waals surface area contributed by atoms with Crippen LogP contribution in [0.1, 0.15) is 0 Å². The number of hydrogen-bond donors (Lipinski definition) is 1. The van der Waals surface area contributed by atoms with E-state index in [2.05, 4.69) is 4.98 Å². The molecule has 0 aliphatic rings. The highest BCUT2D eigenvalue weighted by atomic mass is 14.9. The topological polar surface area (TPSA) is 54.2 Å². The molecule has 0 heterocycles. The Balaban J connectivity index is 2.49. The first-order valence-corrected chi connectivity index (χ1v) is 4.61. The zero-order valence-corrected chi connectivity index (χ0v) is 8.09. The van der Waals surface area contributed by atoms with Crippen LogP contribution in [0.5, 0.6) is 0 Å². The molecule has 2 N–H and O–H groups in total. The number of benzene rings is 2. The normalized spacial score (nSPS) is 9.53. The van der Waals surface area contributed by atoms with Crippen molar-refractivity contribution in [2.45, 2.75) is 0 Å². The SMILES string of the molecule is N#[N+]c1ccc(-c2ccccc2)cc1N. The van der Waals surface area contributed by atoms with Crippen molar-refractivity contribution in [1.29, 1.82) is 5.39 Å². The number of nitrogens with zero attached hydrogens (tertiary/aromatic N) is 2. The summed E-state index contributed by atoms with van der Waals surface area (Å²) in [5.41, 5.74) is 8.69. The predicted molar refractivity (Wildman–Crippen MR) is 61.0 cm³/mol. The molecule has 3 heteroatoms. The maximum atomic E-state index is 8.62. The van der Waals surface area contributed by atoms with Crippen LogP contribution in [0.2, 0.25) is 0 Å². The van der Waals surface area contributed by atoms with Gasteiger partial charge in [0, 0.05) is 6.07 Å². The van der Waals surface area contributed by atoms with Gasteiger partial charge in [0.15, 0.2) is 4.98 Å². The van der Waals surface area contributed by atoms with Gasteiger partial charge in [-0.25, -0.2) is 0 Å². The lowest BCUT2D eigenvalue weighted by Gasteiger charge is -2.00. The molecule has 3 nitrogen and oxygen atoms in total. The first-order valence-electron chi connectivity index (χ1n) is 4.61. The maximum absolute atomic E-state index is 8.62. The highest BCUT2D eigenvalue weighted by Crippen LogP contribution is 2.28. The van der Waals surface area contributed by atoms with Crippen molar-refractivity contribution in [3.8, 4) is 11.1 Å². The molecule has 0 saturated carbocycles. The highest BCUT2D eigenvalue weighted by molar-refractivity contribution is 5.76. The fraction of sp³-hybridized carbons (Fsp3) is 0. The minimum atomic E-state index is 0.398. The summed E-state index contributed by atoms with van der Waals surface area (Å²) >= 11 is 0. The highest BCUT2D eigenvalue weighted by Gasteiger charge is 2.10. The molecule has 0 fully saturated rings. The molecule has 2 rings (SSSR count). The Kier molecular flexibility index (Phi) is 2.34. The van der Waals surface area contributed by atoms with E-state index in [0.717, 1.165) is 11.1 Å². The van der Waals surface area contributed by atoms with Crippen LogP contribution in [0.25, 0.3) is 16.1 Å². The molecule has 2 aromatic carbocycles. The summed E-state index contributed by atoms with van der Waals surface area (Å²) in [7, 11) is 0. The van der Waals surface area contributed by atoms with Gasteiger partial charge in [-0.15, -0.1) is 0 Å². The lowest BCUT2D eigenvalue weighted by atomic mass is 10.0. The molecule has 0 aliphatic carbocycles. The summed E-state index contributed by atoms with van der Waals surface area (Å²) in [5.74, 6) is 0. The second kappa shape index (κ2) is 3.81. The van der Waals surface area contributed by atoms with Gasteiger partial charge in [0.1, 0.15) is 5.69 Å². The summed E-state index contributed by atoms with van der Waals surface area (Å²) in [6, 6.07) is 15.3. The third-order valence-electron chi connectivity index (χ3n) is 2.24. The third kappa shape index (κ3) is 1.79. The van der Waals surface area contributed by atoms with Gasteiger partial charge in [0.05, 0.1) is 0 Å². The zero-order chi connectivity index (χ0) is 10.7. The van der Waals surface area contributed by atoms with Gasteiger partial charge in [-0.05, 0) is 23.3 Å². The van der Waals surface area contributed by atoms with E-state index < -0.39 is 0 Å². The van der Waals surface area contributed by atoms with Crippen molar-refractivity contribution in [1.82, 2.24) is 0 Å². The maximum Gasteiger partial charge on any atom is 0.407 e. The Hall–Kier alpha value is -2.34. The summed E-state index contributed by atoms with van der Waals surface area (Å²) in [6.45, 7) is 0. The van der Waals surface area contributed by atoms with Crippen molar-refractivity contribution in [3.63, 3.8) is 0 Å². The van der Waals surface area contributed by atoms with Crippen LogP contribution in [-0.2, 0) is 0 Å². The molecule has 0 atom stereocenters. The van der Waals surface area contributed by atoms with Gasteiger partial charge in [0.2, 0.25) is 5.39 Å². The lowest BCUT2D eigenvalue weighted by molar-refractivity contribution is 1.46. The molecule has 0 saturated heterocycles. The molecule has 72 valence electrons.